The summed E-state index contributed by atoms with van der Waals surface area (Å²) in [7, 11) is 0. The van der Waals surface area contributed by atoms with E-state index in [1.165, 1.54) is 0 Å². The van der Waals surface area contributed by atoms with Gasteiger partial charge < -0.3 is 15.2 Å². The van der Waals surface area contributed by atoms with Crippen molar-refractivity contribution in [2.75, 3.05) is 19.6 Å². The lowest BCUT2D eigenvalue weighted by Crippen LogP contribution is -2.34. The highest BCUT2D eigenvalue weighted by Gasteiger charge is 2.36. The van der Waals surface area contributed by atoms with Crippen molar-refractivity contribution in [3.05, 3.63) is 17.5 Å². The van der Waals surface area contributed by atoms with Crippen LogP contribution in [0.4, 0.5) is 0 Å². The fourth-order valence-electron chi connectivity index (χ4n) is 2.81. The predicted molar refractivity (Wildman–Crippen MR) is 84.8 cm³/mol. The molecule has 0 aromatic carbocycles. The van der Waals surface area contributed by atoms with E-state index < -0.39 is 0 Å². The Kier molecular flexibility index (Phi) is 6.23. The topological polar surface area (TPSA) is 72.4 Å². The van der Waals surface area contributed by atoms with Crippen molar-refractivity contribution in [3.63, 3.8) is 0 Å². The van der Waals surface area contributed by atoms with Crippen LogP contribution in [0, 0.1) is 5.41 Å². The van der Waals surface area contributed by atoms with Crippen LogP contribution in [0.5, 0.6) is 0 Å². The summed E-state index contributed by atoms with van der Waals surface area (Å²) in [5, 5.41) is 4.06. The van der Waals surface area contributed by atoms with E-state index in [2.05, 4.69) is 25.9 Å². The minimum Gasteiger partial charge on any atom is -0.351 e. The number of halogens is 1. The number of nitrogens with zero attached hydrogens (tertiary/aromatic N) is 2. The lowest BCUT2D eigenvalue weighted by Gasteiger charge is -2.21. The summed E-state index contributed by atoms with van der Waals surface area (Å²) in [5.74, 6) is 0.660. The third-order valence-electron chi connectivity index (χ3n) is 4.48. The molecule has 0 radical (unpaired) electrons. The van der Waals surface area contributed by atoms with E-state index in [9.17, 15) is 4.79 Å². The van der Waals surface area contributed by atoms with Gasteiger partial charge in [-0.15, -0.1) is 12.4 Å². The van der Waals surface area contributed by atoms with E-state index in [0.717, 1.165) is 31.5 Å². The summed E-state index contributed by atoms with van der Waals surface area (Å²) in [4.78, 5) is 14.2. The van der Waals surface area contributed by atoms with Gasteiger partial charge in [0.2, 0.25) is 5.76 Å². The van der Waals surface area contributed by atoms with Crippen LogP contribution in [-0.4, -0.2) is 35.6 Å². The van der Waals surface area contributed by atoms with E-state index >= 15 is 0 Å². The van der Waals surface area contributed by atoms with Crippen molar-refractivity contribution < 1.29 is 9.32 Å². The Balaban J connectivity index is 0.00000220. The first-order valence-electron chi connectivity index (χ1n) is 7.49. The zero-order chi connectivity index (χ0) is 14.8. The predicted octanol–water partition coefficient (Wildman–Crippen LogP) is 2.81. The molecule has 1 amide bonds. The van der Waals surface area contributed by atoms with Gasteiger partial charge in [-0.05, 0) is 31.2 Å². The maximum atomic E-state index is 12.4. The molecule has 1 saturated heterocycles. The summed E-state index contributed by atoms with van der Waals surface area (Å²) >= 11 is 0. The Morgan fingerprint density at radius 2 is 2.19 bits per heavy atom. The van der Waals surface area contributed by atoms with E-state index in [-0.39, 0.29) is 23.7 Å². The number of aromatic nitrogens is 1. The number of rotatable bonds is 5. The molecule has 0 aliphatic carbocycles. The summed E-state index contributed by atoms with van der Waals surface area (Å²) in [5.41, 5.74) is 6.70. The monoisotopic (exact) mass is 315 g/mol. The van der Waals surface area contributed by atoms with E-state index in [0.29, 0.717) is 24.8 Å². The number of carbonyl (C=O) groups is 1. The zero-order valence-electron chi connectivity index (χ0n) is 13.1. The number of amides is 1. The van der Waals surface area contributed by atoms with E-state index in [1.54, 1.807) is 6.07 Å². The van der Waals surface area contributed by atoms with E-state index in [4.69, 9.17) is 10.3 Å². The standard InChI is InChI=1S/C15H25N3O2.ClH/c1-4-11(5-2)12-8-13(20-17-12)14(19)18-7-6-15(3,9-16)10-18;/h8,11H,4-7,9-10,16H2,1-3H3;1H. The molecule has 2 N–H and O–H groups in total. The van der Waals surface area contributed by atoms with Crippen molar-refractivity contribution in [3.8, 4) is 0 Å². The van der Waals surface area contributed by atoms with Gasteiger partial charge in [-0.1, -0.05) is 25.9 Å². The molecule has 6 heteroatoms. The summed E-state index contributed by atoms with van der Waals surface area (Å²) < 4.78 is 5.25. The van der Waals surface area contributed by atoms with Crippen molar-refractivity contribution in [2.24, 2.45) is 11.1 Å². The number of carbonyl (C=O) groups excluding carboxylic acids is 1. The fourth-order valence-corrected chi connectivity index (χ4v) is 2.81. The van der Waals surface area contributed by atoms with Crippen LogP contribution in [0.1, 0.15) is 62.2 Å². The Morgan fingerprint density at radius 1 is 1.52 bits per heavy atom. The van der Waals surface area contributed by atoms with Gasteiger partial charge in [0, 0.05) is 25.1 Å². The molecule has 0 spiro atoms. The maximum absolute atomic E-state index is 12.4. The van der Waals surface area contributed by atoms with Gasteiger partial charge in [0.1, 0.15) is 0 Å². The summed E-state index contributed by atoms with van der Waals surface area (Å²) in [6.07, 6.45) is 2.96. The van der Waals surface area contributed by atoms with Crippen molar-refractivity contribution in [2.45, 2.75) is 46.0 Å². The molecule has 0 bridgehead atoms. The molecule has 1 fully saturated rings. The molecule has 1 unspecified atom stereocenters. The smallest absolute Gasteiger partial charge is 0.292 e. The summed E-state index contributed by atoms with van der Waals surface area (Å²) in [6, 6.07) is 1.80. The molecule has 1 aliphatic rings. The molecule has 1 atom stereocenters. The van der Waals surface area contributed by atoms with Crippen LogP contribution in [-0.2, 0) is 0 Å². The molecule has 1 aliphatic heterocycles. The van der Waals surface area contributed by atoms with Crippen LogP contribution >= 0.6 is 12.4 Å². The SMILES string of the molecule is CCC(CC)c1cc(C(=O)N2CCC(C)(CN)C2)on1.Cl. The van der Waals surface area contributed by atoms with Crippen molar-refractivity contribution in [1.29, 1.82) is 0 Å². The van der Waals surface area contributed by atoms with Gasteiger partial charge in [-0.3, -0.25) is 4.79 Å². The van der Waals surface area contributed by atoms with Gasteiger partial charge in [-0.2, -0.15) is 0 Å². The maximum Gasteiger partial charge on any atom is 0.292 e. The summed E-state index contributed by atoms with van der Waals surface area (Å²) in [6.45, 7) is 8.41. The van der Waals surface area contributed by atoms with Gasteiger partial charge >= 0.3 is 0 Å². The first-order chi connectivity index (χ1) is 9.53. The quantitative estimate of drug-likeness (QED) is 0.907. The lowest BCUT2D eigenvalue weighted by molar-refractivity contribution is 0.0735. The van der Waals surface area contributed by atoms with Gasteiger partial charge in [0.05, 0.1) is 5.69 Å². The van der Waals surface area contributed by atoms with Gasteiger partial charge in [-0.25, -0.2) is 0 Å². The highest BCUT2D eigenvalue weighted by atomic mass is 35.5. The van der Waals surface area contributed by atoms with Crippen LogP contribution in [0.2, 0.25) is 0 Å². The lowest BCUT2D eigenvalue weighted by atomic mass is 9.90. The Morgan fingerprint density at radius 3 is 2.71 bits per heavy atom. The molecule has 2 rings (SSSR count). The van der Waals surface area contributed by atoms with Crippen molar-refractivity contribution in [1.82, 2.24) is 10.1 Å². The number of nitrogens with two attached hydrogens (primary N) is 1. The normalized spacial score (nSPS) is 21.7. The molecule has 0 saturated carbocycles. The highest BCUT2D eigenvalue weighted by Crippen LogP contribution is 2.30. The van der Waals surface area contributed by atoms with Crippen molar-refractivity contribution >= 4 is 18.3 Å². The zero-order valence-corrected chi connectivity index (χ0v) is 13.9. The Labute approximate surface area is 132 Å². The second-order valence-corrected chi connectivity index (χ2v) is 6.12. The van der Waals surface area contributed by atoms with Gasteiger partial charge in [0.15, 0.2) is 0 Å². The molecule has 120 valence electrons. The highest BCUT2D eigenvalue weighted by molar-refractivity contribution is 5.91. The average Bonchev–Trinajstić information content (AvgIpc) is 3.08. The fraction of sp³-hybridized carbons (Fsp3) is 0.733. The molecule has 2 heterocycles. The van der Waals surface area contributed by atoms with Gasteiger partial charge in [0.25, 0.3) is 5.91 Å². The number of hydrogen-bond donors (Lipinski definition) is 1. The second kappa shape index (κ2) is 7.27. The molecule has 5 nitrogen and oxygen atoms in total. The average molecular weight is 316 g/mol. The largest absolute Gasteiger partial charge is 0.351 e. The molecule has 21 heavy (non-hydrogen) atoms. The molecular formula is C15H26ClN3O2. The van der Waals surface area contributed by atoms with Crippen LogP contribution < -0.4 is 5.73 Å². The van der Waals surface area contributed by atoms with Crippen LogP contribution in [0.25, 0.3) is 0 Å². The Hall–Kier alpha value is -1.07. The number of hydrogen-bond acceptors (Lipinski definition) is 4. The van der Waals surface area contributed by atoms with E-state index in [1.807, 2.05) is 4.90 Å². The molecule has 1 aromatic heterocycles. The van der Waals surface area contributed by atoms with Crippen LogP contribution in [0.3, 0.4) is 0 Å². The van der Waals surface area contributed by atoms with Crippen LogP contribution in [0.15, 0.2) is 10.6 Å². The first kappa shape index (κ1) is 18.0. The Bertz CT molecular complexity index is 473. The number of likely N-dealkylation sites (tertiary alicyclic amines) is 1. The first-order valence-corrected chi connectivity index (χ1v) is 7.49. The second-order valence-electron chi connectivity index (χ2n) is 6.12. The molecule has 1 aromatic rings. The third-order valence-corrected chi connectivity index (χ3v) is 4.48. The molecular weight excluding hydrogens is 290 g/mol. The third kappa shape index (κ3) is 3.77. The minimum absolute atomic E-state index is 0. The minimum atomic E-state index is -0.0631.